The van der Waals surface area contributed by atoms with Crippen molar-refractivity contribution in [2.24, 2.45) is 0 Å². The van der Waals surface area contributed by atoms with E-state index in [4.69, 9.17) is 13.9 Å². The Kier molecular flexibility index (Phi) is 5.12. The van der Waals surface area contributed by atoms with Crippen LogP contribution in [0.2, 0.25) is 0 Å². The number of esters is 2. The Balaban J connectivity index is 2.36. The van der Waals surface area contributed by atoms with E-state index in [1.54, 1.807) is 0 Å². The summed E-state index contributed by atoms with van der Waals surface area (Å²) in [4.78, 5) is 24.8. The zero-order chi connectivity index (χ0) is 19.6. The van der Waals surface area contributed by atoms with Crippen molar-refractivity contribution in [3.05, 3.63) is 71.0 Å². The van der Waals surface area contributed by atoms with E-state index in [2.05, 4.69) is 0 Å². The van der Waals surface area contributed by atoms with E-state index < -0.39 is 11.9 Å². The average molecular weight is 364 g/mol. The molecule has 138 valence electrons. The van der Waals surface area contributed by atoms with E-state index in [1.807, 2.05) is 62.4 Å². The lowest BCUT2D eigenvalue weighted by Gasteiger charge is -2.07. The second-order valence-corrected chi connectivity index (χ2v) is 6.23. The minimum absolute atomic E-state index is 0.0591. The van der Waals surface area contributed by atoms with Gasteiger partial charge in [0.25, 0.3) is 0 Å². The average Bonchev–Trinajstić information content (AvgIpc) is 3.08. The Labute approximate surface area is 157 Å². The van der Waals surface area contributed by atoms with Gasteiger partial charge in [-0.2, -0.15) is 0 Å². The summed E-state index contributed by atoms with van der Waals surface area (Å²) in [7, 11) is 2.50. The number of aryl methyl sites for hydroxylation is 2. The number of hydrogen-bond acceptors (Lipinski definition) is 5. The molecule has 1 aromatic heterocycles. The van der Waals surface area contributed by atoms with Gasteiger partial charge in [-0.3, -0.25) is 0 Å². The molecule has 0 N–H and O–H groups in total. The molecule has 0 bridgehead atoms. The van der Waals surface area contributed by atoms with Crippen LogP contribution in [0.4, 0.5) is 0 Å². The minimum atomic E-state index is -0.734. The summed E-state index contributed by atoms with van der Waals surface area (Å²) in [5, 5.41) is 0. The van der Waals surface area contributed by atoms with Crippen LogP contribution in [-0.4, -0.2) is 26.2 Å². The summed E-state index contributed by atoms with van der Waals surface area (Å²) in [6.07, 6.45) is 0. The predicted molar refractivity (Wildman–Crippen MR) is 102 cm³/mol. The van der Waals surface area contributed by atoms with Gasteiger partial charge in [0, 0.05) is 11.1 Å². The molecule has 5 heteroatoms. The molecule has 0 spiro atoms. The van der Waals surface area contributed by atoms with Crippen molar-refractivity contribution in [3.8, 4) is 22.5 Å². The van der Waals surface area contributed by atoms with E-state index in [0.29, 0.717) is 11.3 Å². The molecule has 2 aromatic carbocycles. The van der Waals surface area contributed by atoms with Crippen molar-refractivity contribution in [2.45, 2.75) is 13.8 Å². The second kappa shape index (κ2) is 7.50. The van der Waals surface area contributed by atoms with Crippen LogP contribution >= 0.6 is 0 Å². The smallest absolute Gasteiger partial charge is 0.374 e. The fraction of sp³-hybridized carbons (Fsp3) is 0.182. The summed E-state index contributed by atoms with van der Waals surface area (Å²) >= 11 is 0. The number of rotatable bonds is 4. The molecular formula is C22H20O5. The molecule has 27 heavy (non-hydrogen) atoms. The first-order valence-corrected chi connectivity index (χ1v) is 8.43. The van der Waals surface area contributed by atoms with Gasteiger partial charge in [-0.1, -0.05) is 59.7 Å². The molecule has 0 aliphatic carbocycles. The molecule has 3 rings (SSSR count). The van der Waals surface area contributed by atoms with E-state index >= 15 is 0 Å². The minimum Gasteiger partial charge on any atom is -0.465 e. The fourth-order valence-electron chi connectivity index (χ4n) is 2.87. The Morgan fingerprint density at radius 1 is 0.741 bits per heavy atom. The van der Waals surface area contributed by atoms with Gasteiger partial charge in [0.2, 0.25) is 5.76 Å². The highest BCUT2D eigenvalue weighted by atomic mass is 16.5. The monoisotopic (exact) mass is 364 g/mol. The second-order valence-electron chi connectivity index (χ2n) is 6.23. The van der Waals surface area contributed by atoms with E-state index in [9.17, 15) is 9.59 Å². The maximum absolute atomic E-state index is 12.5. The molecule has 0 unspecified atom stereocenters. The molecule has 0 saturated heterocycles. The summed E-state index contributed by atoms with van der Waals surface area (Å²) in [6, 6.07) is 15.3. The molecule has 0 saturated carbocycles. The van der Waals surface area contributed by atoms with Crippen LogP contribution in [-0.2, 0) is 9.47 Å². The van der Waals surface area contributed by atoms with Crippen LogP contribution in [0.1, 0.15) is 32.0 Å². The van der Waals surface area contributed by atoms with Crippen molar-refractivity contribution in [1.82, 2.24) is 0 Å². The first-order valence-electron chi connectivity index (χ1n) is 8.43. The van der Waals surface area contributed by atoms with Gasteiger partial charge in [0.05, 0.1) is 14.2 Å². The first kappa shape index (κ1) is 18.5. The predicted octanol–water partition coefficient (Wildman–Crippen LogP) is 4.80. The van der Waals surface area contributed by atoms with Gasteiger partial charge >= 0.3 is 11.9 Å². The number of furan rings is 1. The topological polar surface area (TPSA) is 65.7 Å². The zero-order valence-electron chi connectivity index (χ0n) is 15.7. The fourth-order valence-corrected chi connectivity index (χ4v) is 2.87. The van der Waals surface area contributed by atoms with Gasteiger partial charge in [-0.25, -0.2) is 9.59 Å². The number of hydrogen-bond donors (Lipinski definition) is 0. The number of methoxy groups -OCH3 is 2. The zero-order valence-corrected chi connectivity index (χ0v) is 15.7. The Hall–Kier alpha value is -3.34. The largest absolute Gasteiger partial charge is 0.465 e. The molecular weight excluding hydrogens is 344 g/mol. The Bertz CT molecular complexity index is 979. The molecule has 3 aromatic rings. The lowest BCUT2D eigenvalue weighted by molar-refractivity contribution is 0.0529. The van der Waals surface area contributed by atoms with Crippen LogP contribution < -0.4 is 0 Å². The number of carbonyl (C=O) groups is 2. The Morgan fingerprint density at radius 3 is 1.70 bits per heavy atom. The maximum Gasteiger partial charge on any atom is 0.374 e. The molecule has 0 atom stereocenters. The first-order chi connectivity index (χ1) is 13.0. The van der Waals surface area contributed by atoms with E-state index in [-0.39, 0.29) is 11.3 Å². The van der Waals surface area contributed by atoms with Gasteiger partial charge < -0.3 is 13.9 Å². The molecule has 0 aliphatic heterocycles. The van der Waals surface area contributed by atoms with Gasteiger partial charge in [0.15, 0.2) is 0 Å². The van der Waals surface area contributed by atoms with Crippen molar-refractivity contribution < 1.29 is 23.5 Å². The standard InChI is InChI=1S/C22H20O5/c1-13-5-9-15(10-6-13)17-18(21(23)25-3)20(22(24)26-4)27-19(17)16-11-7-14(2)8-12-16/h5-12H,1-4H3. The summed E-state index contributed by atoms with van der Waals surface area (Å²) in [5.41, 5.74) is 4.22. The highest BCUT2D eigenvalue weighted by Crippen LogP contribution is 2.40. The molecule has 0 amide bonds. The number of ether oxygens (including phenoxy) is 2. The highest BCUT2D eigenvalue weighted by Gasteiger charge is 2.32. The van der Waals surface area contributed by atoms with Gasteiger partial charge in [0.1, 0.15) is 11.3 Å². The van der Waals surface area contributed by atoms with Gasteiger partial charge in [-0.15, -0.1) is 0 Å². The van der Waals surface area contributed by atoms with Crippen molar-refractivity contribution in [2.75, 3.05) is 14.2 Å². The van der Waals surface area contributed by atoms with E-state index in [0.717, 1.165) is 22.3 Å². The van der Waals surface area contributed by atoms with Crippen LogP contribution in [0.3, 0.4) is 0 Å². The van der Waals surface area contributed by atoms with Crippen LogP contribution in [0, 0.1) is 13.8 Å². The molecule has 0 radical (unpaired) electrons. The van der Waals surface area contributed by atoms with E-state index in [1.165, 1.54) is 14.2 Å². The summed E-state index contributed by atoms with van der Waals surface area (Å²) in [6.45, 7) is 3.95. The SMILES string of the molecule is COC(=O)c1oc(-c2ccc(C)cc2)c(-c2ccc(C)cc2)c1C(=O)OC. The molecule has 1 heterocycles. The van der Waals surface area contributed by atoms with Crippen LogP contribution in [0.15, 0.2) is 52.9 Å². The van der Waals surface area contributed by atoms with Crippen molar-refractivity contribution in [3.63, 3.8) is 0 Å². The number of benzene rings is 2. The third-order valence-electron chi connectivity index (χ3n) is 4.32. The highest BCUT2D eigenvalue weighted by molar-refractivity contribution is 6.09. The van der Waals surface area contributed by atoms with Crippen LogP contribution in [0.25, 0.3) is 22.5 Å². The lowest BCUT2D eigenvalue weighted by atomic mass is 9.96. The third-order valence-corrected chi connectivity index (χ3v) is 4.32. The molecule has 0 fully saturated rings. The lowest BCUT2D eigenvalue weighted by Crippen LogP contribution is -2.10. The van der Waals surface area contributed by atoms with Gasteiger partial charge in [-0.05, 0) is 19.4 Å². The summed E-state index contributed by atoms with van der Waals surface area (Å²) < 4.78 is 15.6. The quantitative estimate of drug-likeness (QED) is 0.622. The molecule has 0 aliphatic rings. The summed E-state index contributed by atoms with van der Waals surface area (Å²) in [5.74, 6) is -1.15. The molecule has 5 nitrogen and oxygen atoms in total. The maximum atomic E-state index is 12.5. The Morgan fingerprint density at radius 2 is 1.22 bits per heavy atom. The number of carbonyl (C=O) groups excluding carboxylic acids is 2. The normalized spacial score (nSPS) is 10.5. The van der Waals surface area contributed by atoms with Crippen molar-refractivity contribution >= 4 is 11.9 Å². The van der Waals surface area contributed by atoms with Crippen LogP contribution in [0.5, 0.6) is 0 Å². The third kappa shape index (κ3) is 3.49. The van der Waals surface area contributed by atoms with Crippen molar-refractivity contribution in [1.29, 1.82) is 0 Å².